The summed E-state index contributed by atoms with van der Waals surface area (Å²) in [5.74, 6) is 0.0872. The largest absolute Gasteiger partial charge is 0.497 e. The molecule has 0 bridgehead atoms. The Labute approximate surface area is 178 Å². The molecule has 0 saturated carbocycles. The Morgan fingerprint density at radius 3 is 2.10 bits per heavy atom. The molecule has 2 rings (SSSR count). The van der Waals surface area contributed by atoms with Gasteiger partial charge in [-0.3, -0.25) is 9.10 Å². The Hall–Kier alpha value is -2.61. The van der Waals surface area contributed by atoms with Crippen LogP contribution in [0.2, 0.25) is 0 Å². The van der Waals surface area contributed by atoms with Crippen LogP contribution in [0.3, 0.4) is 0 Å². The van der Waals surface area contributed by atoms with Crippen molar-refractivity contribution in [3.63, 3.8) is 0 Å². The lowest BCUT2D eigenvalue weighted by molar-refractivity contribution is -0.122. The van der Waals surface area contributed by atoms with E-state index in [1.54, 1.807) is 7.11 Å². The zero-order valence-corrected chi connectivity index (χ0v) is 18.7. The quantitative estimate of drug-likeness (QED) is 0.647. The van der Waals surface area contributed by atoms with E-state index < -0.39 is 27.8 Å². The van der Waals surface area contributed by atoms with Crippen LogP contribution in [0.4, 0.5) is 10.1 Å². The highest BCUT2D eigenvalue weighted by atomic mass is 32.2. The first-order valence-electron chi connectivity index (χ1n) is 9.72. The fraction of sp³-hybridized carbons (Fsp3) is 0.409. The van der Waals surface area contributed by atoms with E-state index in [2.05, 4.69) is 5.32 Å². The van der Waals surface area contributed by atoms with Gasteiger partial charge in [-0.15, -0.1) is 0 Å². The number of amides is 1. The predicted octanol–water partition coefficient (Wildman–Crippen LogP) is 3.89. The molecule has 1 N–H and O–H groups in total. The van der Waals surface area contributed by atoms with Crippen LogP contribution in [0.25, 0.3) is 0 Å². The van der Waals surface area contributed by atoms with Crippen LogP contribution in [0.1, 0.15) is 38.8 Å². The van der Waals surface area contributed by atoms with Crippen molar-refractivity contribution in [2.75, 3.05) is 17.7 Å². The van der Waals surface area contributed by atoms with E-state index in [0.717, 1.165) is 28.3 Å². The second-order valence-corrected chi connectivity index (χ2v) is 9.53. The summed E-state index contributed by atoms with van der Waals surface area (Å²) in [4.78, 5) is 13.0. The van der Waals surface area contributed by atoms with Crippen LogP contribution in [-0.4, -0.2) is 33.7 Å². The fourth-order valence-corrected chi connectivity index (χ4v) is 4.45. The summed E-state index contributed by atoms with van der Waals surface area (Å²) in [7, 11) is -2.19. The first-order chi connectivity index (χ1) is 14.0. The van der Waals surface area contributed by atoms with Crippen LogP contribution in [0, 0.1) is 11.7 Å². The number of sulfonamides is 1. The fourth-order valence-electron chi connectivity index (χ4n) is 3.28. The molecule has 2 aromatic carbocycles. The molecule has 0 aromatic heterocycles. The minimum atomic E-state index is -3.77. The molecule has 0 aliphatic carbocycles. The summed E-state index contributed by atoms with van der Waals surface area (Å²) in [6, 6.07) is 11.1. The van der Waals surface area contributed by atoms with Gasteiger partial charge in [-0.25, -0.2) is 12.8 Å². The summed E-state index contributed by atoms with van der Waals surface area (Å²) in [5, 5.41) is 2.98. The van der Waals surface area contributed by atoms with E-state index in [1.165, 1.54) is 19.1 Å². The van der Waals surface area contributed by atoms with E-state index in [0.29, 0.717) is 18.1 Å². The van der Waals surface area contributed by atoms with Crippen molar-refractivity contribution >= 4 is 21.6 Å². The third kappa shape index (κ3) is 6.19. The Morgan fingerprint density at radius 1 is 1.07 bits per heavy atom. The molecule has 6 nitrogen and oxygen atoms in total. The zero-order valence-electron chi connectivity index (χ0n) is 17.9. The Bertz CT molecular complexity index is 944. The molecular weight excluding hydrogens is 407 g/mol. The number of anilines is 1. The molecule has 0 unspecified atom stereocenters. The van der Waals surface area contributed by atoms with Crippen molar-refractivity contribution in [3.05, 3.63) is 59.9 Å². The number of carbonyl (C=O) groups is 1. The van der Waals surface area contributed by atoms with Gasteiger partial charge in [0.05, 0.1) is 25.1 Å². The van der Waals surface area contributed by atoms with Crippen molar-refractivity contribution < 1.29 is 22.3 Å². The van der Waals surface area contributed by atoms with Gasteiger partial charge in [0.25, 0.3) is 0 Å². The van der Waals surface area contributed by atoms with Crippen molar-refractivity contribution in [2.24, 2.45) is 5.92 Å². The molecular formula is C22H29FN2O4S. The van der Waals surface area contributed by atoms with Crippen LogP contribution in [0.15, 0.2) is 48.5 Å². The number of benzene rings is 2. The molecule has 2 atom stereocenters. The standard InChI is InChI=1S/C22H29FN2O4S/c1-15(2)14-21(17-6-12-20(29-4)13-7-17)24-22(26)16(3)25(30(5,27)28)19-10-8-18(23)9-11-19/h6-13,15-16,21H,14H2,1-5H3,(H,24,26)/t16-,21-/m0/s1. The number of ether oxygens (including phenoxy) is 1. The molecule has 0 aliphatic heterocycles. The number of halogens is 1. The van der Waals surface area contributed by atoms with E-state index >= 15 is 0 Å². The van der Waals surface area contributed by atoms with Crippen LogP contribution in [0.5, 0.6) is 5.75 Å². The van der Waals surface area contributed by atoms with Gasteiger partial charge < -0.3 is 10.1 Å². The molecule has 0 heterocycles. The maximum absolute atomic E-state index is 13.3. The highest BCUT2D eigenvalue weighted by Gasteiger charge is 2.30. The van der Waals surface area contributed by atoms with Gasteiger partial charge in [-0.1, -0.05) is 26.0 Å². The molecule has 0 saturated heterocycles. The summed E-state index contributed by atoms with van der Waals surface area (Å²) in [6.45, 7) is 5.61. The lowest BCUT2D eigenvalue weighted by Gasteiger charge is -2.30. The average molecular weight is 437 g/mol. The molecule has 164 valence electrons. The Morgan fingerprint density at radius 2 is 1.63 bits per heavy atom. The second-order valence-electron chi connectivity index (χ2n) is 7.68. The number of hydrogen-bond donors (Lipinski definition) is 1. The number of hydrogen-bond acceptors (Lipinski definition) is 4. The maximum atomic E-state index is 13.3. The SMILES string of the molecule is COc1ccc([C@H](CC(C)C)NC(=O)[C@H](C)N(c2ccc(F)cc2)S(C)(=O)=O)cc1. The zero-order chi connectivity index (χ0) is 22.5. The van der Waals surface area contributed by atoms with Gasteiger partial charge in [0.1, 0.15) is 17.6 Å². The summed E-state index contributed by atoms with van der Waals surface area (Å²) in [5.41, 5.74) is 1.13. The van der Waals surface area contributed by atoms with Gasteiger partial charge in [0.15, 0.2) is 0 Å². The van der Waals surface area contributed by atoms with Crippen molar-refractivity contribution in [1.82, 2.24) is 5.32 Å². The maximum Gasteiger partial charge on any atom is 0.244 e. The Balaban J connectivity index is 2.30. The van der Waals surface area contributed by atoms with Crippen LogP contribution in [-0.2, 0) is 14.8 Å². The average Bonchev–Trinajstić information content (AvgIpc) is 2.67. The van der Waals surface area contributed by atoms with E-state index in [1.807, 2.05) is 38.1 Å². The molecule has 8 heteroatoms. The molecule has 0 radical (unpaired) electrons. The van der Waals surface area contributed by atoms with Crippen LogP contribution < -0.4 is 14.4 Å². The third-order valence-corrected chi connectivity index (χ3v) is 5.95. The highest BCUT2D eigenvalue weighted by molar-refractivity contribution is 7.92. The van der Waals surface area contributed by atoms with E-state index in [9.17, 15) is 17.6 Å². The monoisotopic (exact) mass is 436 g/mol. The molecule has 0 aliphatic rings. The first-order valence-corrected chi connectivity index (χ1v) is 11.6. The summed E-state index contributed by atoms with van der Waals surface area (Å²) in [6.07, 6.45) is 1.70. The molecule has 1 amide bonds. The van der Waals surface area contributed by atoms with Crippen molar-refractivity contribution in [2.45, 2.75) is 39.3 Å². The molecule has 30 heavy (non-hydrogen) atoms. The van der Waals surface area contributed by atoms with Gasteiger partial charge in [-0.05, 0) is 61.2 Å². The van der Waals surface area contributed by atoms with E-state index in [4.69, 9.17) is 4.74 Å². The van der Waals surface area contributed by atoms with E-state index in [-0.39, 0.29) is 11.7 Å². The first kappa shape index (κ1) is 23.7. The molecule has 2 aromatic rings. The number of nitrogens with zero attached hydrogens (tertiary/aromatic N) is 1. The van der Waals surface area contributed by atoms with Gasteiger partial charge in [-0.2, -0.15) is 0 Å². The number of rotatable bonds is 9. The minimum Gasteiger partial charge on any atom is -0.497 e. The lowest BCUT2D eigenvalue weighted by Crippen LogP contribution is -2.48. The highest BCUT2D eigenvalue weighted by Crippen LogP contribution is 2.25. The minimum absolute atomic E-state index is 0.228. The number of methoxy groups -OCH3 is 1. The molecule has 0 fully saturated rings. The second kappa shape index (κ2) is 9.93. The van der Waals surface area contributed by atoms with Crippen molar-refractivity contribution in [3.8, 4) is 5.75 Å². The van der Waals surface area contributed by atoms with Crippen LogP contribution >= 0.6 is 0 Å². The van der Waals surface area contributed by atoms with Gasteiger partial charge >= 0.3 is 0 Å². The molecule has 0 spiro atoms. The van der Waals surface area contributed by atoms with Gasteiger partial charge in [0, 0.05) is 0 Å². The smallest absolute Gasteiger partial charge is 0.244 e. The Kier molecular flexibility index (Phi) is 7.83. The number of nitrogens with one attached hydrogen (secondary N) is 1. The normalized spacial score (nSPS) is 13.6. The summed E-state index contributed by atoms with van der Waals surface area (Å²) < 4.78 is 44.3. The third-order valence-electron chi connectivity index (χ3n) is 4.71. The summed E-state index contributed by atoms with van der Waals surface area (Å²) >= 11 is 0. The predicted molar refractivity (Wildman–Crippen MR) is 117 cm³/mol. The number of carbonyl (C=O) groups excluding carboxylic acids is 1. The van der Waals surface area contributed by atoms with Crippen molar-refractivity contribution in [1.29, 1.82) is 0 Å². The topological polar surface area (TPSA) is 75.7 Å². The van der Waals surface area contributed by atoms with Gasteiger partial charge in [0.2, 0.25) is 15.9 Å². The lowest BCUT2D eigenvalue weighted by atomic mass is 9.96.